The summed E-state index contributed by atoms with van der Waals surface area (Å²) in [4.78, 5) is 14.4. The molecule has 2 aliphatic heterocycles. The molecule has 0 spiro atoms. The summed E-state index contributed by atoms with van der Waals surface area (Å²) in [7, 11) is 0. The number of carbonyl (C=O) groups is 1. The van der Waals surface area contributed by atoms with E-state index in [1.54, 1.807) is 4.90 Å². The van der Waals surface area contributed by atoms with E-state index in [2.05, 4.69) is 5.32 Å². The predicted octanol–water partition coefficient (Wildman–Crippen LogP) is 1.52. The molecular weight excluding hydrogens is 292 g/mol. The van der Waals surface area contributed by atoms with Crippen LogP contribution in [0.5, 0.6) is 5.75 Å². The van der Waals surface area contributed by atoms with Gasteiger partial charge in [-0.05, 0) is 31.5 Å². The Morgan fingerprint density at radius 1 is 1.43 bits per heavy atom. The van der Waals surface area contributed by atoms with E-state index in [4.69, 9.17) is 9.47 Å². The lowest BCUT2D eigenvalue weighted by atomic mass is 10.1. The Bertz CT molecular complexity index is 518. The van der Waals surface area contributed by atoms with Gasteiger partial charge >= 0.3 is 0 Å². The molecule has 2 atom stereocenters. The number of benzene rings is 1. The summed E-state index contributed by atoms with van der Waals surface area (Å²) in [6.07, 6.45) is -0.409. The summed E-state index contributed by atoms with van der Waals surface area (Å²) >= 11 is 0. The van der Waals surface area contributed by atoms with Gasteiger partial charge in [0.15, 0.2) is 0 Å². The van der Waals surface area contributed by atoms with E-state index in [-0.39, 0.29) is 24.4 Å². The molecule has 5 nitrogen and oxygen atoms in total. The number of ether oxygens (including phenoxy) is 2. The van der Waals surface area contributed by atoms with Crippen LogP contribution in [0.4, 0.5) is 5.69 Å². The lowest BCUT2D eigenvalue weighted by Gasteiger charge is -2.36. The highest BCUT2D eigenvalue weighted by Gasteiger charge is 2.33. The fraction of sp³-hybridized carbons (Fsp3) is 0.533. The van der Waals surface area contributed by atoms with Crippen LogP contribution in [0.2, 0.25) is 0 Å². The van der Waals surface area contributed by atoms with Gasteiger partial charge in [0.2, 0.25) is 0 Å². The van der Waals surface area contributed by atoms with Gasteiger partial charge in [-0.2, -0.15) is 0 Å². The highest BCUT2D eigenvalue weighted by atomic mass is 35.5. The number of halogens is 1. The van der Waals surface area contributed by atoms with Crippen molar-refractivity contribution in [3.05, 3.63) is 23.8 Å². The van der Waals surface area contributed by atoms with E-state index in [0.717, 1.165) is 23.5 Å². The zero-order chi connectivity index (χ0) is 14.1. The summed E-state index contributed by atoms with van der Waals surface area (Å²) < 4.78 is 11.4. The Labute approximate surface area is 131 Å². The Morgan fingerprint density at radius 2 is 2.24 bits per heavy atom. The molecule has 0 bridgehead atoms. The van der Waals surface area contributed by atoms with E-state index < -0.39 is 6.10 Å². The number of nitrogens with zero attached hydrogens (tertiary/aromatic N) is 1. The van der Waals surface area contributed by atoms with Crippen molar-refractivity contribution in [2.24, 2.45) is 0 Å². The SMILES string of the molecule is Cc1ccc2c(c1)OC(C)CN2C(=O)[C@H]1CNCCO1.Cl. The first-order valence-electron chi connectivity index (χ1n) is 7.06. The molecule has 1 fully saturated rings. The van der Waals surface area contributed by atoms with Crippen molar-refractivity contribution in [2.45, 2.75) is 26.1 Å². The largest absolute Gasteiger partial charge is 0.487 e. The highest BCUT2D eigenvalue weighted by Crippen LogP contribution is 2.34. The summed E-state index contributed by atoms with van der Waals surface area (Å²) in [6, 6.07) is 5.92. The van der Waals surface area contributed by atoms with E-state index in [9.17, 15) is 4.79 Å². The molecule has 0 saturated carbocycles. The molecule has 6 heteroatoms. The standard InChI is InChI=1S/C15H20N2O3.ClH/c1-10-3-4-12-13(7-10)20-11(2)9-17(12)15(18)14-8-16-5-6-19-14;/h3-4,7,11,14,16H,5-6,8-9H2,1-2H3;1H/t11?,14-;/m1./s1. The smallest absolute Gasteiger partial charge is 0.257 e. The van der Waals surface area contributed by atoms with Crippen LogP contribution in [0.25, 0.3) is 0 Å². The lowest BCUT2D eigenvalue weighted by molar-refractivity contribution is -0.131. The first-order valence-corrected chi connectivity index (χ1v) is 7.06. The van der Waals surface area contributed by atoms with E-state index in [1.807, 2.05) is 32.0 Å². The van der Waals surface area contributed by atoms with Gasteiger partial charge in [-0.15, -0.1) is 12.4 Å². The third-order valence-electron chi connectivity index (χ3n) is 3.64. The van der Waals surface area contributed by atoms with Gasteiger partial charge in [0.25, 0.3) is 5.91 Å². The zero-order valence-electron chi connectivity index (χ0n) is 12.3. The lowest BCUT2D eigenvalue weighted by Crippen LogP contribution is -2.52. The molecule has 2 aliphatic rings. The van der Waals surface area contributed by atoms with Crippen LogP contribution in [0.3, 0.4) is 0 Å². The number of aryl methyl sites for hydroxylation is 1. The molecule has 0 aromatic heterocycles. The fourth-order valence-electron chi connectivity index (χ4n) is 2.65. The molecule has 1 aromatic rings. The minimum atomic E-state index is -0.400. The average molecular weight is 313 g/mol. The van der Waals surface area contributed by atoms with Crippen LogP contribution in [-0.4, -0.2) is 44.4 Å². The van der Waals surface area contributed by atoms with Crippen molar-refractivity contribution in [3.63, 3.8) is 0 Å². The van der Waals surface area contributed by atoms with Gasteiger partial charge in [-0.25, -0.2) is 0 Å². The van der Waals surface area contributed by atoms with Gasteiger partial charge < -0.3 is 19.7 Å². The first kappa shape index (κ1) is 16.1. The number of amides is 1. The Balaban J connectivity index is 0.00000161. The molecule has 0 aliphatic carbocycles. The minimum absolute atomic E-state index is 0. The topological polar surface area (TPSA) is 50.8 Å². The molecule has 116 valence electrons. The number of carbonyl (C=O) groups excluding carboxylic acids is 1. The number of fused-ring (bicyclic) bond motifs is 1. The van der Waals surface area contributed by atoms with Crippen LogP contribution in [0, 0.1) is 6.92 Å². The number of nitrogens with one attached hydrogen (secondary N) is 1. The molecule has 1 N–H and O–H groups in total. The number of hydrogen-bond donors (Lipinski definition) is 1. The monoisotopic (exact) mass is 312 g/mol. The van der Waals surface area contributed by atoms with Crippen LogP contribution in [0.15, 0.2) is 18.2 Å². The number of morpholine rings is 1. The quantitative estimate of drug-likeness (QED) is 0.854. The van der Waals surface area contributed by atoms with Crippen molar-refractivity contribution in [1.82, 2.24) is 5.32 Å². The molecule has 1 unspecified atom stereocenters. The van der Waals surface area contributed by atoms with E-state index in [1.165, 1.54) is 0 Å². The average Bonchev–Trinajstić information content (AvgIpc) is 2.46. The summed E-state index contributed by atoms with van der Waals surface area (Å²) in [5.74, 6) is 0.790. The van der Waals surface area contributed by atoms with E-state index >= 15 is 0 Å². The maximum absolute atomic E-state index is 12.7. The van der Waals surface area contributed by atoms with Crippen LogP contribution < -0.4 is 15.0 Å². The normalized spacial score (nSPS) is 24.6. The summed E-state index contributed by atoms with van der Waals surface area (Å²) in [5, 5.41) is 3.20. The van der Waals surface area contributed by atoms with Crippen LogP contribution >= 0.6 is 12.4 Å². The number of rotatable bonds is 1. The summed E-state index contributed by atoms with van der Waals surface area (Å²) in [5.41, 5.74) is 1.97. The highest BCUT2D eigenvalue weighted by molar-refractivity contribution is 5.98. The molecule has 3 rings (SSSR count). The van der Waals surface area contributed by atoms with Crippen molar-refractivity contribution in [2.75, 3.05) is 31.1 Å². The zero-order valence-corrected chi connectivity index (χ0v) is 13.1. The van der Waals surface area contributed by atoms with E-state index in [0.29, 0.717) is 19.7 Å². The van der Waals surface area contributed by atoms with Crippen LogP contribution in [-0.2, 0) is 9.53 Å². The number of hydrogen-bond acceptors (Lipinski definition) is 4. The second kappa shape index (κ2) is 6.64. The van der Waals surface area contributed by atoms with Crippen molar-refractivity contribution in [1.29, 1.82) is 0 Å². The molecule has 1 aromatic carbocycles. The number of anilines is 1. The van der Waals surface area contributed by atoms with Gasteiger partial charge in [0.1, 0.15) is 18.0 Å². The molecule has 1 saturated heterocycles. The molecule has 2 heterocycles. The Morgan fingerprint density at radius 3 is 2.95 bits per heavy atom. The van der Waals surface area contributed by atoms with Gasteiger partial charge in [0, 0.05) is 13.1 Å². The first-order chi connectivity index (χ1) is 9.65. The summed E-state index contributed by atoms with van der Waals surface area (Å²) in [6.45, 7) is 6.52. The Kier molecular flexibility index (Phi) is 5.08. The Hall–Kier alpha value is -1.30. The fourth-order valence-corrected chi connectivity index (χ4v) is 2.65. The van der Waals surface area contributed by atoms with Gasteiger partial charge in [0.05, 0.1) is 18.8 Å². The molecule has 1 amide bonds. The minimum Gasteiger partial charge on any atom is -0.487 e. The second-order valence-electron chi connectivity index (χ2n) is 5.41. The van der Waals surface area contributed by atoms with Crippen molar-refractivity contribution >= 4 is 24.0 Å². The van der Waals surface area contributed by atoms with Crippen LogP contribution in [0.1, 0.15) is 12.5 Å². The molecule has 0 radical (unpaired) electrons. The molecule has 21 heavy (non-hydrogen) atoms. The second-order valence-corrected chi connectivity index (χ2v) is 5.41. The van der Waals surface area contributed by atoms with Gasteiger partial charge in [-0.1, -0.05) is 6.07 Å². The van der Waals surface area contributed by atoms with Gasteiger partial charge in [-0.3, -0.25) is 4.79 Å². The maximum atomic E-state index is 12.7. The third-order valence-corrected chi connectivity index (χ3v) is 3.64. The molecular formula is C15H21ClN2O3. The third kappa shape index (κ3) is 3.31. The maximum Gasteiger partial charge on any atom is 0.257 e. The predicted molar refractivity (Wildman–Crippen MR) is 83.5 cm³/mol. The van der Waals surface area contributed by atoms with Crippen molar-refractivity contribution < 1.29 is 14.3 Å². The van der Waals surface area contributed by atoms with Crippen molar-refractivity contribution in [3.8, 4) is 5.75 Å².